The van der Waals surface area contributed by atoms with E-state index in [0.29, 0.717) is 31.8 Å². The van der Waals surface area contributed by atoms with Crippen molar-refractivity contribution in [3.05, 3.63) is 71.7 Å². The summed E-state index contributed by atoms with van der Waals surface area (Å²) in [5.41, 5.74) is 3.19. The number of nitrogens with one attached hydrogen (secondary N) is 1. The number of aromatic nitrogens is 2. The lowest BCUT2D eigenvalue weighted by Crippen LogP contribution is -2.38. The number of hydrogen-bond donors (Lipinski definition) is 1. The van der Waals surface area contributed by atoms with E-state index < -0.39 is 0 Å². The average Bonchev–Trinajstić information content (AvgIpc) is 3.27. The fraction of sp³-hybridized carbons (Fsp3) is 0.360. The minimum absolute atomic E-state index is 0.0945. The topological polar surface area (TPSA) is 88.3 Å². The van der Waals surface area contributed by atoms with Crippen LogP contribution in [0.15, 0.2) is 59.3 Å². The molecule has 0 spiro atoms. The van der Waals surface area contributed by atoms with Crippen LogP contribution in [0.2, 0.25) is 0 Å². The van der Waals surface area contributed by atoms with E-state index in [1.807, 2.05) is 63.2 Å². The number of carbonyl (C=O) groups excluding carboxylic acids is 2. The van der Waals surface area contributed by atoms with Gasteiger partial charge < -0.3 is 14.7 Å². The van der Waals surface area contributed by atoms with E-state index in [1.54, 1.807) is 17.2 Å². The Hall–Kier alpha value is -3.48. The van der Waals surface area contributed by atoms with Crippen LogP contribution in [0, 0.1) is 12.8 Å². The summed E-state index contributed by atoms with van der Waals surface area (Å²) in [5.74, 6) is 0.477. The lowest BCUT2D eigenvalue weighted by atomic mass is 10.1. The van der Waals surface area contributed by atoms with Crippen molar-refractivity contribution in [3.8, 4) is 11.3 Å². The first-order valence-corrected chi connectivity index (χ1v) is 10.9. The number of aryl methyl sites for hydroxylation is 1. The Morgan fingerprint density at radius 3 is 2.59 bits per heavy atom. The molecule has 1 N–H and O–H groups in total. The Labute approximate surface area is 188 Å². The Morgan fingerprint density at radius 1 is 1.12 bits per heavy atom. The van der Waals surface area contributed by atoms with E-state index in [9.17, 15) is 9.59 Å². The zero-order valence-corrected chi connectivity index (χ0v) is 18.9. The lowest BCUT2D eigenvalue weighted by Gasteiger charge is -2.23. The molecule has 7 heteroatoms. The summed E-state index contributed by atoms with van der Waals surface area (Å²) in [6.07, 6.45) is 2.63. The molecule has 0 saturated carbocycles. The maximum Gasteiger partial charge on any atom is 0.276 e. The molecule has 0 saturated heterocycles. The summed E-state index contributed by atoms with van der Waals surface area (Å²) in [4.78, 5) is 31.3. The van der Waals surface area contributed by atoms with Crippen molar-refractivity contribution in [2.75, 3.05) is 19.6 Å². The molecule has 32 heavy (non-hydrogen) atoms. The highest BCUT2D eigenvalue weighted by molar-refractivity contribution is 5.93. The van der Waals surface area contributed by atoms with Gasteiger partial charge in [-0.3, -0.25) is 14.6 Å². The molecule has 0 unspecified atom stereocenters. The highest BCUT2D eigenvalue weighted by atomic mass is 16.5. The third-order valence-electron chi connectivity index (χ3n) is 4.98. The number of hydrogen-bond acceptors (Lipinski definition) is 5. The van der Waals surface area contributed by atoms with E-state index in [2.05, 4.69) is 15.5 Å². The molecule has 0 aliphatic rings. The van der Waals surface area contributed by atoms with Crippen molar-refractivity contribution in [3.63, 3.8) is 0 Å². The van der Waals surface area contributed by atoms with Crippen LogP contribution in [0.3, 0.4) is 0 Å². The van der Waals surface area contributed by atoms with Gasteiger partial charge in [0.1, 0.15) is 0 Å². The summed E-state index contributed by atoms with van der Waals surface area (Å²) >= 11 is 0. The first-order valence-electron chi connectivity index (χ1n) is 10.9. The van der Waals surface area contributed by atoms with Crippen LogP contribution in [-0.4, -0.2) is 46.5 Å². The monoisotopic (exact) mass is 434 g/mol. The second kappa shape index (κ2) is 11.2. The van der Waals surface area contributed by atoms with Crippen molar-refractivity contribution in [1.82, 2.24) is 20.4 Å². The van der Waals surface area contributed by atoms with E-state index >= 15 is 0 Å². The van der Waals surface area contributed by atoms with E-state index in [-0.39, 0.29) is 29.8 Å². The summed E-state index contributed by atoms with van der Waals surface area (Å²) in [6.45, 7) is 7.45. The fourth-order valence-corrected chi connectivity index (χ4v) is 3.31. The molecule has 0 bridgehead atoms. The Bertz CT molecular complexity index is 1010. The molecule has 1 aromatic carbocycles. The summed E-state index contributed by atoms with van der Waals surface area (Å²) in [6, 6.07) is 15.2. The smallest absolute Gasteiger partial charge is 0.276 e. The van der Waals surface area contributed by atoms with Crippen LogP contribution in [0.25, 0.3) is 11.3 Å². The van der Waals surface area contributed by atoms with Crippen molar-refractivity contribution >= 4 is 11.8 Å². The molecular formula is C25H30N4O3. The molecule has 2 heterocycles. The van der Waals surface area contributed by atoms with Gasteiger partial charge >= 0.3 is 0 Å². The number of amides is 2. The molecule has 7 nitrogen and oxygen atoms in total. The highest BCUT2D eigenvalue weighted by Gasteiger charge is 2.22. The molecule has 0 aliphatic heterocycles. The normalized spacial score (nSPS) is 10.9. The Kier molecular flexibility index (Phi) is 8.14. The molecular weight excluding hydrogens is 404 g/mol. The van der Waals surface area contributed by atoms with Gasteiger partial charge in [-0.1, -0.05) is 54.9 Å². The van der Waals surface area contributed by atoms with Crippen LogP contribution >= 0.6 is 0 Å². The minimum atomic E-state index is -0.234. The van der Waals surface area contributed by atoms with Gasteiger partial charge in [0.05, 0.1) is 0 Å². The quantitative estimate of drug-likeness (QED) is 0.523. The minimum Gasteiger partial charge on any atom is -0.356 e. The van der Waals surface area contributed by atoms with E-state index in [4.69, 9.17) is 4.52 Å². The van der Waals surface area contributed by atoms with Gasteiger partial charge in [-0.15, -0.1) is 0 Å². The van der Waals surface area contributed by atoms with Crippen molar-refractivity contribution in [2.45, 2.75) is 33.6 Å². The lowest BCUT2D eigenvalue weighted by molar-refractivity contribution is -0.121. The molecule has 2 amide bonds. The van der Waals surface area contributed by atoms with Gasteiger partial charge in [0.15, 0.2) is 11.5 Å². The van der Waals surface area contributed by atoms with Crippen molar-refractivity contribution < 1.29 is 14.1 Å². The van der Waals surface area contributed by atoms with Crippen LogP contribution in [0.1, 0.15) is 42.0 Å². The second-order valence-electron chi connectivity index (χ2n) is 8.26. The largest absolute Gasteiger partial charge is 0.356 e. The summed E-state index contributed by atoms with van der Waals surface area (Å²) < 4.78 is 5.40. The standard InChI is InChI=1S/C25H30N4O3/c1-18(2)17-29(15-12-24(30)27-14-11-21-6-4-5-13-26-21)25(31)22-16-23(32-28-22)20-9-7-19(3)8-10-20/h4-10,13,16,18H,11-12,14-15,17H2,1-3H3,(H,27,30). The molecule has 168 valence electrons. The van der Waals surface area contributed by atoms with Crippen molar-refractivity contribution in [1.29, 1.82) is 0 Å². The van der Waals surface area contributed by atoms with Crippen LogP contribution in [0.5, 0.6) is 0 Å². The summed E-state index contributed by atoms with van der Waals surface area (Å²) in [5, 5.41) is 6.88. The zero-order valence-electron chi connectivity index (χ0n) is 18.9. The second-order valence-corrected chi connectivity index (χ2v) is 8.26. The zero-order chi connectivity index (χ0) is 22.9. The molecule has 2 aromatic heterocycles. The summed E-state index contributed by atoms with van der Waals surface area (Å²) in [7, 11) is 0. The average molecular weight is 435 g/mol. The van der Waals surface area contributed by atoms with Crippen molar-refractivity contribution in [2.24, 2.45) is 5.92 Å². The molecule has 0 aliphatic carbocycles. The molecule has 3 rings (SSSR count). The van der Waals surface area contributed by atoms with Gasteiger partial charge in [0.2, 0.25) is 5.91 Å². The number of rotatable bonds is 10. The molecule has 0 radical (unpaired) electrons. The number of carbonyl (C=O) groups is 2. The van der Waals surface area contributed by atoms with Gasteiger partial charge in [-0.25, -0.2) is 0 Å². The molecule has 0 atom stereocenters. The first kappa shape index (κ1) is 23.2. The maximum absolute atomic E-state index is 13.1. The number of nitrogens with zero attached hydrogens (tertiary/aromatic N) is 3. The van der Waals surface area contributed by atoms with Gasteiger partial charge in [0, 0.05) is 56.0 Å². The fourth-order valence-electron chi connectivity index (χ4n) is 3.31. The van der Waals surface area contributed by atoms with Gasteiger partial charge in [-0.2, -0.15) is 0 Å². The van der Waals surface area contributed by atoms with E-state index in [1.165, 1.54) is 0 Å². The highest BCUT2D eigenvalue weighted by Crippen LogP contribution is 2.21. The SMILES string of the molecule is Cc1ccc(-c2cc(C(=O)N(CCC(=O)NCCc3ccccn3)CC(C)C)no2)cc1. The number of pyridine rings is 1. The van der Waals surface area contributed by atoms with Gasteiger partial charge in [0.25, 0.3) is 5.91 Å². The predicted octanol–water partition coefficient (Wildman–Crippen LogP) is 3.89. The third kappa shape index (κ3) is 6.77. The van der Waals surface area contributed by atoms with Gasteiger partial charge in [-0.05, 0) is 25.0 Å². The third-order valence-corrected chi connectivity index (χ3v) is 4.98. The number of benzene rings is 1. The molecule has 3 aromatic rings. The maximum atomic E-state index is 13.1. The Balaban J connectivity index is 1.56. The predicted molar refractivity (Wildman–Crippen MR) is 123 cm³/mol. The Morgan fingerprint density at radius 2 is 1.91 bits per heavy atom. The van der Waals surface area contributed by atoms with Crippen LogP contribution in [0.4, 0.5) is 0 Å². The molecule has 0 fully saturated rings. The van der Waals surface area contributed by atoms with Crippen LogP contribution in [-0.2, 0) is 11.2 Å². The van der Waals surface area contributed by atoms with E-state index in [0.717, 1.165) is 16.8 Å². The van der Waals surface area contributed by atoms with Crippen LogP contribution < -0.4 is 5.32 Å². The first-order chi connectivity index (χ1) is 15.4.